The standard InChI is InChI=1S/C12H11ClSi.C5H5.Fe/c13-14(10-11-6-4-5-7-11)12-8-2-1-3-9-12;1-2-4-5-3-1;/h1-9H,10H2;1-5H;/q2*-1;+2. The van der Waals surface area contributed by atoms with E-state index in [2.05, 4.69) is 36.4 Å². The first-order valence-corrected chi connectivity index (χ1v) is 9.02. The Morgan fingerprint density at radius 3 is 2.00 bits per heavy atom. The average molecular weight is 340 g/mol. The van der Waals surface area contributed by atoms with Crippen LogP contribution >= 0.6 is 11.1 Å². The molecule has 3 aromatic rings. The number of hydrogen-bond donors (Lipinski definition) is 0. The van der Waals surface area contributed by atoms with Crippen molar-refractivity contribution < 1.29 is 17.1 Å². The first-order chi connectivity index (χ1) is 9.36. The summed E-state index contributed by atoms with van der Waals surface area (Å²) in [7, 11) is -0.917. The molecule has 3 aromatic carbocycles. The average Bonchev–Trinajstić information content (AvgIpc) is 3.15. The number of benzene rings is 1. The molecule has 3 heteroatoms. The summed E-state index contributed by atoms with van der Waals surface area (Å²) in [6.07, 6.45) is 0. The minimum atomic E-state index is -0.917. The van der Waals surface area contributed by atoms with Crippen LogP contribution in [0.4, 0.5) is 0 Å². The van der Waals surface area contributed by atoms with Crippen molar-refractivity contribution in [1.82, 2.24) is 0 Å². The van der Waals surface area contributed by atoms with Gasteiger partial charge in [-0.1, -0.05) is 36.4 Å². The quantitative estimate of drug-likeness (QED) is 0.384. The Balaban J connectivity index is 0.000000283. The summed E-state index contributed by atoms with van der Waals surface area (Å²) in [5, 5.41) is 1.29. The Kier molecular flexibility index (Phi) is 8.32. The Morgan fingerprint density at radius 2 is 1.50 bits per heavy atom. The number of hydrogen-bond acceptors (Lipinski definition) is 0. The van der Waals surface area contributed by atoms with E-state index in [1.54, 1.807) is 0 Å². The van der Waals surface area contributed by atoms with E-state index >= 15 is 0 Å². The summed E-state index contributed by atoms with van der Waals surface area (Å²) in [5.74, 6) is 0. The third kappa shape index (κ3) is 5.93. The van der Waals surface area contributed by atoms with Crippen molar-refractivity contribution in [2.45, 2.75) is 6.04 Å². The van der Waals surface area contributed by atoms with Gasteiger partial charge in [-0.15, -0.1) is 0 Å². The van der Waals surface area contributed by atoms with Gasteiger partial charge < -0.3 is 0 Å². The Bertz CT molecular complexity index is 514. The second-order valence-corrected chi connectivity index (χ2v) is 7.31. The molecule has 20 heavy (non-hydrogen) atoms. The molecule has 0 nitrogen and oxygen atoms in total. The first kappa shape index (κ1) is 17.0. The zero-order valence-electron chi connectivity index (χ0n) is 11.0. The van der Waals surface area contributed by atoms with Crippen molar-refractivity contribution in [3.8, 4) is 0 Å². The van der Waals surface area contributed by atoms with E-state index < -0.39 is 8.11 Å². The van der Waals surface area contributed by atoms with Crippen molar-refractivity contribution in [2.75, 3.05) is 0 Å². The van der Waals surface area contributed by atoms with Crippen LogP contribution < -0.4 is 5.19 Å². The summed E-state index contributed by atoms with van der Waals surface area (Å²) in [6, 6.07) is 29.8. The van der Waals surface area contributed by atoms with Crippen LogP contribution in [0.5, 0.6) is 0 Å². The molecule has 3 rings (SSSR count). The zero-order chi connectivity index (χ0) is 13.3. The van der Waals surface area contributed by atoms with Gasteiger partial charge in [0.25, 0.3) is 0 Å². The van der Waals surface area contributed by atoms with E-state index in [1.165, 1.54) is 10.8 Å². The third-order valence-electron chi connectivity index (χ3n) is 2.73. The monoisotopic (exact) mass is 339 g/mol. The van der Waals surface area contributed by atoms with Crippen LogP contribution in [-0.2, 0) is 23.1 Å². The fraction of sp³-hybridized carbons (Fsp3) is 0.0588. The Morgan fingerprint density at radius 1 is 0.900 bits per heavy atom. The van der Waals surface area contributed by atoms with E-state index in [9.17, 15) is 0 Å². The smallest absolute Gasteiger partial charge is 0.214 e. The maximum Gasteiger partial charge on any atom is 2.00 e. The SMILES string of the molecule is Cl[Si](C[c-]1cccc1)c1ccccc1.[Fe+2].c1cc[cH-]c1. The van der Waals surface area contributed by atoms with Crippen LogP contribution in [0.1, 0.15) is 5.56 Å². The van der Waals surface area contributed by atoms with Crippen molar-refractivity contribution >= 4 is 24.4 Å². The van der Waals surface area contributed by atoms with E-state index in [1.807, 2.05) is 48.5 Å². The van der Waals surface area contributed by atoms with Crippen LogP contribution in [0.25, 0.3) is 0 Å². The second kappa shape index (κ2) is 9.79. The molecule has 0 aliphatic carbocycles. The molecule has 0 saturated carbocycles. The van der Waals surface area contributed by atoms with E-state index in [0.717, 1.165) is 6.04 Å². The number of rotatable bonds is 3. The molecule has 0 bridgehead atoms. The Labute approximate surface area is 137 Å². The fourth-order valence-electron chi connectivity index (χ4n) is 1.75. The van der Waals surface area contributed by atoms with Gasteiger partial charge in [0.1, 0.15) is 0 Å². The molecule has 0 aromatic heterocycles. The molecule has 0 atom stereocenters. The van der Waals surface area contributed by atoms with Gasteiger partial charge in [0.05, 0.1) is 0 Å². The summed E-state index contributed by atoms with van der Waals surface area (Å²) in [6.45, 7) is 0. The first-order valence-electron chi connectivity index (χ1n) is 6.30. The summed E-state index contributed by atoms with van der Waals surface area (Å²) in [5.41, 5.74) is 1.35. The maximum absolute atomic E-state index is 6.40. The zero-order valence-corrected chi connectivity index (χ0v) is 13.9. The maximum atomic E-state index is 6.40. The van der Waals surface area contributed by atoms with Crippen LogP contribution in [0.15, 0.2) is 84.9 Å². The van der Waals surface area contributed by atoms with Crippen molar-refractivity contribution in [3.63, 3.8) is 0 Å². The predicted octanol–water partition coefficient (Wildman–Crippen LogP) is 4.03. The van der Waals surface area contributed by atoms with Crippen LogP contribution in [0.3, 0.4) is 0 Å². The van der Waals surface area contributed by atoms with E-state index in [4.69, 9.17) is 11.1 Å². The van der Waals surface area contributed by atoms with Crippen LogP contribution in [0, 0.1) is 0 Å². The molecule has 0 fully saturated rings. The van der Waals surface area contributed by atoms with Crippen LogP contribution in [0.2, 0.25) is 0 Å². The van der Waals surface area contributed by atoms with Crippen molar-refractivity contribution in [3.05, 3.63) is 90.5 Å². The van der Waals surface area contributed by atoms with Gasteiger partial charge >= 0.3 is 17.1 Å². The van der Waals surface area contributed by atoms with Crippen LogP contribution in [-0.4, -0.2) is 8.11 Å². The molecule has 0 unspecified atom stereocenters. The van der Waals surface area contributed by atoms with E-state index in [-0.39, 0.29) is 17.1 Å². The topological polar surface area (TPSA) is 0 Å². The van der Waals surface area contributed by atoms with E-state index in [0.29, 0.717) is 0 Å². The molecule has 0 spiro atoms. The second-order valence-electron chi connectivity index (χ2n) is 4.20. The van der Waals surface area contributed by atoms with Gasteiger partial charge in [-0.25, -0.2) is 24.3 Å². The molecule has 0 amide bonds. The van der Waals surface area contributed by atoms with Crippen molar-refractivity contribution in [2.24, 2.45) is 0 Å². The number of halogens is 1. The third-order valence-corrected chi connectivity index (χ3v) is 5.47. The Hall–Kier alpha value is -1.05. The molecule has 0 N–H and O–H groups in total. The molecule has 0 saturated heterocycles. The molecule has 1 radical (unpaired) electrons. The van der Waals surface area contributed by atoms with Gasteiger partial charge in [0.2, 0.25) is 0 Å². The summed E-state index contributed by atoms with van der Waals surface area (Å²) >= 11 is 6.40. The van der Waals surface area contributed by atoms with Gasteiger partial charge in [-0.05, 0) is 5.19 Å². The molecule has 0 heterocycles. The van der Waals surface area contributed by atoms with Gasteiger partial charge in [-0.3, -0.25) is 0 Å². The minimum Gasteiger partial charge on any atom is -0.214 e. The minimum absolute atomic E-state index is 0. The summed E-state index contributed by atoms with van der Waals surface area (Å²) in [4.78, 5) is 0. The van der Waals surface area contributed by atoms with Crippen molar-refractivity contribution in [1.29, 1.82) is 0 Å². The molecular weight excluding hydrogens is 324 g/mol. The molecular formula is C17H16ClFeSi. The summed E-state index contributed by atoms with van der Waals surface area (Å²) < 4.78 is 0. The van der Waals surface area contributed by atoms with Gasteiger partial charge in [-0.2, -0.15) is 47.0 Å². The largest absolute Gasteiger partial charge is 2.00 e. The molecule has 0 aliphatic rings. The van der Waals surface area contributed by atoms with Gasteiger partial charge in [0, 0.05) is 0 Å². The predicted molar refractivity (Wildman–Crippen MR) is 85.5 cm³/mol. The molecule has 0 aliphatic heterocycles. The molecule has 103 valence electrons. The van der Waals surface area contributed by atoms with Gasteiger partial charge in [0.15, 0.2) is 8.11 Å². The normalized spacial score (nSPS) is 9.50. The fourth-order valence-corrected chi connectivity index (χ4v) is 3.95.